The first kappa shape index (κ1) is 18.5. The van der Waals surface area contributed by atoms with E-state index in [1.165, 1.54) is 6.07 Å². The summed E-state index contributed by atoms with van der Waals surface area (Å²) in [4.78, 5) is 15.6. The van der Waals surface area contributed by atoms with Gasteiger partial charge < -0.3 is 14.5 Å². The fourth-order valence-electron chi connectivity index (χ4n) is 3.29. The van der Waals surface area contributed by atoms with Crippen LogP contribution in [-0.4, -0.2) is 27.9 Å². The van der Waals surface area contributed by atoms with Crippen LogP contribution < -0.4 is 15.0 Å². The third-order valence-electron chi connectivity index (χ3n) is 4.77. The van der Waals surface area contributed by atoms with Crippen LogP contribution in [0.25, 0.3) is 22.2 Å². The van der Waals surface area contributed by atoms with Crippen LogP contribution in [0.5, 0.6) is 11.5 Å². The van der Waals surface area contributed by atoms with Gasteiger partial charge in [0.1, 0.15) is 0 Å². The minimum Gasteiger partial charge on any atom is -0.487 e. The number of aryl methyl sites for hydroxylation is 1. The standard InChI is InChI=1S/C20H21F2N3O3/c1-2-3-4-13-17-14(10-23-25-19(17)26)24-18(13)11-5-8-15(28-20(21)22)16(9-11)27-12-6-7-12/h5,8-10,12,20,24H,2-4,6-7H2,1H3,(H,25,26). The first-order valence-corrected chi connectivity index (χ1v) is 9.41. The van der Waals surface area contributed by atoms with Gasteiger partial charge in [-0.05, 0) is 49.4 Å². The predicted molar refractivity (Wildman–Crippen MR) is 101 cm³/mol. The van der Waals surface area contributed by atoms with Crippen molar-refractivity contribution >= 4 is 10.9 Å². The number of halogens is 2. The molecule has 0 radical (unpaired) electrons. The lowest BCUT2D eigenvalue weighted by Gasteiger charge is -2.14. The molecule has 2 N–H and O–H groups in total. The summed E-state index contributed by atoms with van der Waals surface area (Å²) >= 11 is 0. The summed E-state index contributed by atoms with van der Waals surface area (Å²) in [7, 11) is 0. The Morgan fingerprint density at radius 3 is 2.82 bits per heavy atom. The molecule has 0 aliphatic heterocycles. The van der Waals surface area contributed by atoms with Crippen LogP contribution in [-0.2, 0) is 6.42 Å². The second kappa shape index (κ2) is 7.61. The number of hydrogen-bond donors (Lipinski definition) is 2. The fourth-order valence-corrected chi connectivity index (χ4v) is 3.29. The molecule has 0 saturated heterocycles. The Morgan fingerprint density at radius 2 is 2.11 bits per heavy atom. The lowest BCUT2D eigenvalue weighted by atomic mass is 10.0. The lowest BCUT2D eigenvalue weighted by Crippen LogP contribution is -2.08. The predicted octanol–water partition coefficient (Wildman–Crippen LogP) is 4.40. The van der Waals surface area contributed by atoms with Crippen molar-refractivity contribution in [3.8, 4) is 22.8 Å². The van der Waals surface area contributed by atoms with Gasteiger partial charge in [-0.25, -0.2) is 5.10 Å². The fraction of sp³-hybridized carbons (Fsp3) is 0.400. The number of alkyl halides is 2. The summed E-state index contributed by atoms with van der Waals surface area (Å²) in [5.41, 5.74) is 2.80. The number of ether oxygens (including phenoxy) is 2. The normalized spacial score (nSPS) is 14.0. The van der Waals surface area contributed by atoms with Crippen LogP contribution >= 0.6 is 0 Å². The zero-order valence-electron chi connectivity index (χ0n) is 15.4. The summed E-state index contributed by atoms with van der Waals surface area (Å²) in [6.45, 7) is -0.844. The van der Waals surface area contributed by atoms with Gasteiger partial charge in [0.15, 0.2) is 11.5 Å². The average molecular weight is 389 g/mol. The summed E-state index contributed by atoms with van der Waals surface area (Å²) in [5, 5.41) is 6.91. The minimum atomic E-state index is -2.93. The highest BCUT2D eigenvalue weighted by Crippen LogP contribution is 2.39. The number of rotatable bonds is 8. The smallest absolute Gasteiger partial charge is 0.387 e. The lowest BCUT2D eigenvalue weighted by molar-refractivity contribution is -0.0516. The molecule has 0 spiro atoms. The van der Waals surface area contributed by atoms with E-state index in [0.717, 1.165) is 42.5 Å². The first-order chi connectivity index (χ1) is 13.6. The molecular weight excluding hydrogens is 368 g/mol. The van der Waals surface area contributed by atoms with Gasteiger partial charge in [0.25, 0.3) is 5.56 Å². The summed E-state index contributed by atoms with van der Waals surface area (Å²) in [6, 6.07) is 4.87. The van der Waals surface area contributed by atoms with Crippen molar-refractivity contribution in [1.82, 2.24) is 15.2 Å². The first-order valence-electron chi connectivity index (χ1n) is 9.41. The molecule has 1 aliphatic rings. The van der Waals surface area contributed by atoms with Crippen LogP contribution in [0.1, 0.15) is 38.2 Å². The number of nitrogens with one attached hydrogen (secondary N) is 2. The molecule has 0 unspecified atom stereocenters. The van der Waals surface area contributed by atoms with Gasteiger partial charge >= 0.3 is 6.61 Å². The third kappa shape index (κ3) is 3.72. The maximum atomic E-state index is 12.7. The molecule has 1 aliphatic carbocycles. The SMILES string of the molecule is CCCCc1c(-c2ccc(OC(F)F)c(OC3CC3)c2)[nH]c2cn[nH]c(=O)c12. The average Bonchev–Trinajstić information content (AvgIpc) is 3.39. The number of benzene rings is 1. The number of nitrogens with zero attached hydrogens (tertiary/aromatic N) is 1. The molecule has 148 valence electrons. The Bertz CT molecular complexity index is 1040. The molecule has 28 heavy (non-hydrogen) atoms. The summed E-state index contributed by atoms with van der Waals surface area (Å²) in [6.07, 6.45) is 6.01. The topological polar surface area (TPSA) is 80.0 Å². The molecule has 0 amide bonds. The number of hydrogen-bond acceptors (Lipinski definition) is 4. The number of aromatic nitrogens is 3. The Morgan fingerprint density at radius 1 is 1.29 bits per heavy atom. The number of fused-ring (bicyclic) bond motifs is 1. The van der Waals surface area contributed by atoms with Crippen LogP contribution in [0.15, 0.2) is 29.2 Å². The molecule has 2 aromatic heterocycles. The highest BCUT2D eigenvalue weighted by atomic mass is 19.3. The molecule has 1 fully saturated rings. The number of unbranched alkanes of at least 4 members (excludes halogenated alkanes) is 1. The van der Waals surface area contributed by atoms with Gasteiger partial charge in [0.2, 0.25) is 0 Å². The molecule has 0 bridgehead atoms. The van der Waals surface area contributed by atoms with E-state index in [9.17, 15) is 13.6 Å². The van der Waals surface area contributed by atoms with Gasteiger partial charge in [-0.2, -0.15) is 13.9 Å². The highest BCUT2D eigenvalue weighted by molar-refractivity contribution is 5.89. The van der Waals surface area contributed by atoms with E-state index < -0.39 is 6.61 Å². The Hall–Kier alpha value is -2.90. The van der Waals surface area contributed by atoms with Crippen molar-refractivity contribution in [2.24, 2.45) is 0 Å². The van der Waals surface area contributed by atoms with Crippen molar-refractivity contribution < 1.29 is 18.3 Å². The van der Waals surface area contributed by atoms with E-state index in [1.54, 1.807) is 18.3 Å². The van der Waals surface area contributed by atoms with E-state index in [2.05, 4.69) is 26.8 Å². The van der Waals surface area contributed by atoms with Crippen molar-refractivity contribution in [3.63, 3.8) is 0 Å². The maximum absolute atomic E-state index is 12.7. The van der Waals surface area contributed by atoms with Crippen molar-refractivity contribution in [2.75, 3.05) is 0 Å². The molecule has 8 heteroatoms. The maximum Gasteiger partial charge on any atom is 0.387 e. The Labute approximate surface area is 159 Å². The zero-order valence-corrected chi connectivity index (χ0v) is 15.4. The van der Waals surface area contributed by atoms with Crippen molar-refractivity contribution in [3.05, 3.63) is 40.3 Å². The number of aromatic amines is 2. The van der Waals surface area contributed by atoms with Crippen LogP contribution in [0.4, 0.5) is 8.78 Å². The van der Waals surface area contributed by atoms with E-state index in [4.69, 9.17) is 4.74 Å². The molecule has 3 aromatic rings. The van der Waals surface area contributed by atoms with Crippen LogP contribution in [0.3, 0.4) is 0 Å². The quantitative estimate of drug-likeness (QED) is 0.598. The van der Waals surface area contributed by atoms with E-state index in [-0.39, 0.29) is 23.2 Å². The van der Waals surface area contributed by atoms with Gasteiger partial charge in [0, 0.05) is 5.56 Å². The second-order valence-corrected chi connectivity index (χ2v) is 6.93. The third-order valence-corrected chi connectivity index (χ3v) is 4.77. The largest absolute Gasteiger partial charge is 0.487 e. The molecule has 1 aromatic carbocycles. The summed E-state index contributed by atoms with van der Waals surface area (Å²) < 4.78 is 35.9. The Kier molecular flexibility index (Phi) is 5.02. The van der Waals surface area contributed by atoms with Crippen molar-refractivity contribution in [1.29, 1.82) is 0 Å². The monoisotopic (exact) mass is 389 g/mol. The van der Waals surface area contributed by atoms with E-state index >= 15 is 0 Å². The molecule has 4 rings (SSSR count). The van der Waals surface area contributed by atoms with Gasteiger partial charge in [-0.3, -0.25) is 4.79 Å². The molecule has 1 saturated carbocycles. The molecular formula is C20H21F2N3O3. The van der Waals surface area contributed by atoms with Gasteiger partial charge in [-0.1, -0.05) is 13.3 Å². The van der Waals surface area contributed by atoms with E-state index in [1.807, 2.05) is 0 Å². The minimum absolute atomic E-state index is 0.0105. The molecule has 6 nitrogen and oxygen atoms in total. The van der Waals surface area contributed by atoms with Crippen LogP contribution in [0, 0.1) is 0 Å². The Balaban J connectivity index is 1.82. The van der Waals surface area contributed by atoms with Crippen LogP contribution in [0.2, 0.25) is 0 Å². The van der Waals surface area contributed by atoms with Gasteiger partial charge in [0.05, 0.1) is 28.9 Å². The molecule has 2 heterocycles. The zero-order chi connectivity index (χ0) is 19.7. The van der Waals surface area contributed by atoms with Gasteiger partial charge in [-0.15, -0.1) is 0 Å². The highest BCUT2D eigenvalue weighted by Gasteiger charge is 2.26. The number of H-pyrrole nitrogens is 2. The molecule has 0 atom stereocenters. The summed E-state index contributed by atoms with van der Waals surface area (Å²) in [5.74, 6) is 0.295. The second-order valence-electron chi connectivity index (χ2n) is 6.93. The van der Waals surface area contributed by atoms with E-state index in [0.29, 0.717) is 17.3 Å². The van der Waals surface area contributed by atoms with Crippen molar-refractivity contribution in [2.45, 2.75) is 51.7 Å².